The van der Waals surface area contributed by atoms with Crippen molar-refractivity contribution in [2.24, 2.45) is 0 Å². The van der Waals surface area contributed by atoms with E-state index in [0.29, 0.717) is 33.5 Å². The van der Waals surface area contributed by atoms with Crippen molar-refractivity contribution in [2.45, 2.75) is 53.4 Å². The number of carbonyl (C=O) groups excluding carboxylic acids is 1. The van der Waals surface area contributed by atoms with Gasteiger partial charge in [-0.15, -0.1) is 0 Å². The van der Waals surface area contributed by atoms with Crippen LogP contribution >= 0.6 is 0 Å². The lowest BCUT2D eigenvalue weighted by Gasteiger charge is -2.36. The van der Waals surface area contributed by atoms with E-state index in [0.717, 1.165) is 28.5 Å². The number of ether oxygens (including phenoxy) is 1. The summed E-state index contributed by atoms with van der Waals surface area (Å²) in [5.74, 6) is -2.72. The van der Waals surface area contributed by atoms with Crippen LogP contribution in [-0.2, 0) is 32.5 Å². The topological polar surface area (TPSA) is 83.9 Å². The van der Waals surface area contributed by atoms with Crippen LogP contribution in [0.4, 0.5) is 10.1 Å². The average Bonchev–Trinajstić information content (AvgIpc) is 2.75. The fourth-order valence-corrected chi connectivity index (χ4v) is 5.85. The number of hydrogen-bond donors (Lipinski definition) is 1. The predicted molar refractivity (Wildman–Crippen MR) is 139 cm³/mol. The van der Waals surface area contributed by atoms with Crippen LogP contribution in [0.3, 0.4) is 0 Å². The molecule has 0 bridgehead atoms. The maximum Gasteiger partial charge on any atom is 0.312 e. The van der Waals surface area contributed by atoms with E-state index >= 15 is 0 Å². The maximum absolute atomic E-state index is 14.4. The molecular weight excluding hydrogens is 481 g/mol. The number of sulfonamides is 1. The minimum atomic E-state index is -3.71. The molecule has 0 saturated heterocycles. The molecule has 190 valence electrons. The Morgan fingerprint density at radius 3 is 2.28 bits per heavy atom. The number of aryl methyl sites for hydroxylation is 1. The first-order valence-corrected chi connectivity index (χ1v) is 13.5. The van der Waals surface area contributed by atoms with Gasteiger partial charge < -0.3 is 9.84 Å². The molecule has 8 heteroatoms. The molecule has 4 rings (SSSR count). The summed E-state index contributed by atoms with van der Waals surface area (Å²) in [5.41, 5.74) is 6.93. The van der Waals surface area contributed by atoms with Crippen molar-refractivity contribution in [1.82, 2.24) is 0 Å². The number of esters is 1. The third kappa shape index (κ3) is 4.88. The molecule has 0 saturated carbocycles. The van der Waals surface area contributed by atoms with Crippen LogP contribution in [0.2, 0.25) is 0 Å². The number of nitrogens with zero attached hydrogens (tertiary/aromatic N) is 1. The van der Waals surface area contributed by atoms with Crippen LogP contribution in [0.15, 0.2) is 42.5 Å². The van der Waals surface area contributed by atoms with Gasteiger partial charge in [0.25, 0.3) is 0 Å². The Balaban J connectivity index is 2.09. The molecule has 6 nitrogen and oxygen atoms in total. The second-order valence-corrected chi connectivity index (χ2v) is 11.8. The first kappa shape index (κ1) is 25.9. The van der Waals surface area contributed by atoms with Gasteiger partial charge in [-0.05, 0) is 71.8 Å². The monoisotopic (exact) mass is 511 g/mol. The van der Waals surface area contributed by atoms with E-state index < -0.39 is 27.6 Å². The zero-order valence-electron chi connectivity index (χ0n) is 21.3. The highest BCUT2D eigenvalue weighted by Gasteiger charge is 2.34. The highest BCUT2D eigenvalue weighted by Crippen LogP contribution is 2.49. The van der Waals surface area contributed by atoms with Crippen LogP contribution in [0.25, 0.3) is 22.3 Å². The Labute approximate surface area is 211 Å². The smallest absolute Gasteiger partial charge is 0.312 e. The molecule has 3 aromatic rings. The molecule has 0 spiro atoms. The molecule has 3 aromatic carbocycles. The van der Waals surface area contributed by atoms with E-state index in [9.17, 15) is 22.7 Å². The second kappa shape index (κ2) is 9.01. The largest absolute Gasteiger partial charge is 0.434 e. The lowest BCUT2D eigenvalue weighted by molar-refractivity contribution is -0.194. The van der Waals surface area contributed by atoms with Gasteiger partial charge in [0.05, 0.1) is 24.9 Å². The third-order valence-corrected chi connectivity index (χ3v) is 7.54. The molecule has 0 amide bonds. The molecule has 0 radical (unpaired) electrons. The summed E-state index contributed by atoms with van der Waals surface area (Å²) in [6, 6.07) is 12.2. The summed E-state index contributed by atoms with van der Waals surface area (Å²) in [4.78, 5) is 12.9. The van der Waals surface area contributed by atoms with Gasteiger partial charge in [0, 0.05) is 19.4 Å². The van der Waals surface area contributed by atoms with Gasteiger partial charge in [0.2, 0.25) is 15.8 Å². The Morgan fingerprint density at radius 1 is 1.06 bits per heavy atom. The van der Waals surface area contributed by atoms with Gasteiger partial charge in [0.15, 0.2) is 0 Å². The SMILES string of the molecule is Cc1ccc(-c2c(C)c3c(c(C)c2CC(=O)OC(C)(C)O)N(S(C)(=O)=O)Cc2ccc(F)cc2-3)cc1. The van der Waals surface area contributed by atoms with Crippen LogP contribution in [-0.4, -0.2) is 31.5 Å². The van der Waals surface area contributed by atoms with Crippen LogP contribution in [0.1, 0.15) is 41.7 Å². The number of anilines is 1. The van der Waals surface area contributed by atoms with Gasteiger partial charge in [-0.2, -0.15) is 0 Å². The summed E-state index contributed by atoms with van der Waals surface area (Å²) in [7, 11) is -3.71. The number of hydrogen-bond acceptors (Lipinski definition) is 5. The zero-order chi connectivity index (χ0) is 26.6. The van der Waals surface area contributed by atoms with Crippen LogP contribution in [0, 0.1) is 26.6 Å². The van der Waals surface area contributed by atoms with Crippen LogP contribution < -0.4 is 4.31 Å². The fraction of sp³-hybridized carbons (Fsp3) is 0.321. The third-order valence-electron chi connectivity index (χ3n) is 6.43. The number of rotatable bonds is 5. The summed E-state index contributed by atoms with van der Waals surface area (Å²) in [6.07, 6.45) is 0.955. The van der Waals surface area contributed by atoms with Crippen molar-refractivity contribution in [1.29, 1.82) is 0 Å². The normalized spacial score (nSPS) is 13.3. The van der Waals surface area contributed by atoms with E-state index in [1.165, 1.54) is 30.3 Å². The number of carbonyl (C=O) groups is 1. The number of benzene rings is 3. The molecule has 1 aliphatic heterocycles. The fourth-order valence-electron chi connectivity index (χ4n) is 4.92. The molecule has 1 heterocycles. The van der Waals surface area contributed by atoms with Gasteiger partial charge in [-0.25, -0.2) is 12.8 Å². The van der Waals surface area contributed by atoms with E-state index in [1.54, 1.807) is 13.0 Å². The molecule has 0 aromatic heterocycles. The van der Waals surface area contributed by atoms with Gasteiger partial charge >= 0.3 is 5.97 Å². The number of fused-ring (bicyclic) bond motifs is 3. The standard InChI is InChI=1S/C28H30FNO5S/c1-16-7-9-19(10-8-16)25-18(3)26-23-13-21(29)12-11-20(23)15-30(36(6,33)34)27(26)17(2)22(25)14-24(31)35-28(4,5)32/h7-13,32H,14-15H2,1-6H3. The molecule has 1 N–H and O–H groups in total. The molecule has 36 heavy (non-hydrogen) atoms. The van der Waals surface area contributed by atoms with Crippen molar-refractivity contribution in [3.05, 3.63) is 76.1 Å². The number of aliphatic hydroxyl groups is 1. The highest BCUT2D eigenvalue weighted by atomic mass is 32.2. The summed E-state index contributed by atoms with van der Waals surface area (Å²) >= 11 is 0. The summed E-state index contributed by atoms with van der Waals surface area (Å²) < 4.78 is 46.8. The molecule has 0 aliphatic carbocycles. The lowest BCUT2D eigenvalue weighted by atomic mass is 9.81. The quantitative estimate of drug-likeness (QED) is 0.377. The first-order valence-electron chi connectivity index (χ1n) is 11.6. The maximum atomic E-state index is 14.4. The second-order valence-electron chi connectivity index (χ2n) is 9.86. The van der Waals surface area contributed by atoms with Crippen molar-refractivity contribution in [3.8, 4) is 22.3 Å². The van der Waals surface area contributed by atoms with Crippen molar-refractivity contribution >= 4 is 21.7 Å². The Morgan fingerprint density at radius 2 is 1.69 bits per heavy atom. The van der Waals surface area contributed by atoms with Crippen molar-refractivity contribution in [3.63, 3.8) is 0 Å². The number of halogens is 1. The van der Waals surface area contributed by atoms with E-state index in [2.05, 4.69) is 0 Å². The molecular formula is C28H30FNO5S. The van der Waals surface area contributed by atoms with Crippen molar-refractivity contribution < 1.29 is 27.4 Å². The minimum Gasteiger partial charge on any atom is -0.434 e. The van der Waals surface area contributed by atoms with Gasteiger partial charge in [-0.3, -0.25) is 9.10 Å². The van der Waals surface area contributed by atoms with Gasteiger partial charge in [0.1, 0.15) is 5.82 Å². The molecule has 1 aliphatic rings. The van der Waals surface area contributed by atoms with Crippen molar-refractivity contribution in [2.75, 3.05) is 10.6 Å². The first-order chi connectivity index (χ1) is 16.7. The summed E-state index contributed by atoms with van der Waals surface area (Å²) in [6.45, 7) is 8.39. The summed E-state index contributed by atoms with van der Waals surface area (Å²) in [5, 5.41) is 10.0. The minimum absolute atomic E-state index is 0.0547. The Hall–Kier alpha value is -3.23. The van der Waals surface area contributed by atoms with Gasteiger partial charge in [-0.1, -0.05) is 35.9 Å². The average molecular weight is 512 g/mol. The molecule has 0 fully saturated rings. The van der Waals surface area contributed by atoms with Crippen LogP contribution in [0.5, 0.6) is 0 Å². The Bertz CT molecular complexity index is 1470. The van der Waals surface area contributed by atoms with E-state index in [-0.39, 0.29) is 13.0 Å². The van der Waals surface area contributed by atoms with E-state index in [4.69, 9.17) is 4.74 Å². The predicted octanol–water partition coefficient (Wildman–Crippen LogP) is 5.18. The van der Waals surface area contributed by atoms with E-state index in [1.807, 2.05) is 38.1 Å². The Kier molecular flexibility index (Phi) is 6.47. The highest BCUT2D eigenvalue weighted by molar-refractivity contribution is 7.92. The lowest BCUT2D eigenvalue weighted by Crippen LogP contribution is -2.34. The molecule has 0 atom stereocenters. The molecule has 0 unspecified atom stereocenters. The zero-order valence-corrected chi connectivity index (χ0v) is 22.1.